The van der Waals surface area contributed by atoms with Crippen molar-refractivity contribution in [2.24, 2.45) is 0 Å². The number of hydrogen-bond acceptors (Lipinski definition) is 2. The molecule has 0 amide bonds. The monoisotopic (exact) mass is 271 g/mol. The van der Waals surface area contributed by atoms with Crippen LogP contribution in [0.1, 0.15) is 35.7 Å². The summed E-state index contributed by atoms with van der Waals surface area (Å²) >= 11 is 0. The fourth-order valence-electron chi connectivity index (χ4n) is 2.74. The molecule has 104 valence electrons. The van der Waals surface area contributed by atoms with Crippen molar-refractivity contribution < 1.29 is 9.13 Å². The molecule has 0 radical (unpaired) electrons. The highest BCUT2D eigenvalue weighted by Gasteiger charge is 2.22. The van der Waals surface area contributed by atoms with Crippen LogP contribution in [-0.2, 0) is 11.3 Å². The van der Waals surface area contributed by atoms with Crippen molar-refractivity contribution in [2.75, 3.05) is 6.61 Å². The minimum Gasteiger partial charge on any atom is -0.375 e. The highest BCUT2D eigenvalue weighted by molar-refractivity contribution is 5.31. The van der Waals surface area contributed by atoms with E-state index in [1.807, 2.05) is 31.2 Å². The molecule has 2 nitrogen and oxygen atoms in total. The molecule has 20 heavy (non-hydrogen) atoms. The maximum Gasteiger partial charge on any atom is 0.127 e. The molecule has 2 aromatic carbocycles. The largest absolute Gasteiger partial charge is 0.375 e. The first-order chi connectivity index (χ1) is 9.75. The Morgan fingerprint density at radius 3 is 2.75 bits per heavy atom. The summed E-state index contributed by atoms with van der Waals surface area (Å²) in [7, 11) is 0. The topological polar surface area (TPSA) is 21.3 Å². The Morgan fingerprint density at radius 1 is 1.15 bits per heavy atom. The van der Waals surface area contributed by atoms with Gasteiger partial charge in [0.2, 0.25) is 0 Å². The molecule has 3 heteroatoms. The molecule has 0 saturated heterocycles. The van der Waals surface area contributed by atoms with Crippen molar-refractivity contribution in [3.63, 3.8) is 0 Å². The van der Waals surface area contributed by atoms with Crippen molar-refractivity contribution in [3.05, 3.63) is 71.0 Å². The van der Waals surface area contributed by atoms with Gasteiger partial charge in [-0.1, -0.05) is 42.5 Å². The van der Waals surface area contributed by atoms with E-state index in [9.17, 15) is 4.39 Å². The molecule has 2 atom stereocenters. The second kappa shape index (κ2) is 5.73. The van der Waals surface area contributed by atoms with Crippen LogP contribution in [0.25, 0.3) is 0 Å². The van der Waals surface area contributed by atoms with Crippen molar-refractivity contribution in [3.8, 4) is 0 Å². The van der Waals surface area contributed by atoms with Crippen molar-refractivity contribution in [1.82, 2.24) is 5.32 Å². The Bertz CT molecular complexity index is 599. The van der Waals surface area contributed by atoms with E-state index in [-0.39, 0.29) is 17.9 Å². The van der Waals surface area contributed by atoms with Gasteiger partial charge in [-0.2, -0.15) is 0 Å². The Hall–Kier alpha value is -1.71. The quantitative estimate of drug-likeness (QED) is 0.918. The van der Waals surface area contributed by atoms with E-state index in [0.29, 0.717) is 18.8 Å². The lowest BCUT2D eigenvalue weighted by molar-refractivity contribution is 0.0789. The molecule has 3 rings (SSSR count). The predicted molar refractivity (Wildman–Crippen MR) is 76.8 cm³/mol. The number of nitrogens with one attached hydrogen (secondary N) is 1. The fraction of sp³-hybridized carbons (Fsp3) is 0.294. The SMILES string of the molecule is CC(NC1COCc2ccccc21)c1ccccc1F. The standard InChI is InChI=1S/C17H18FNO/c1-12(14-7-4-5-9-16(14)18)19-17-11-20-10-13-6-2-3-8-15(13)17/h2-9,12,17,19H,10-11H2,1H3. The van der Waals surface area contributed by atoms with Gasteiger partial charge < -0.3 is 10.1 Å². The molecule has 0 aliphatic carbocycles. The summed E-state index contributed by atoms with van der Waals surface area (Å²) < 4.78 is 19.4. The first-order valence-corrected chi connectivity index (χ1v) is 6.91. The molecule has 0 saturated carbocycles. The molecule has 0 aromatic heterocycles. The van der Waals surface area contributed by atoms with Gasteiger partial charge in [0.25, 0.3) is 0 Å². The Balaban J connectivity index is 1.81. The summed E-state index contributed by atoms with van der Waals surface area (Å²) in [6.45, 7) is 3.26. The fourth-order valence-corrected chi connectivity index (χ4v) is 2.74. The van der Waals surface area contributed by atoms with Crippen LogP contribution in [0.15, 0.2) is 48.5 Å². The molecular weight excluding hydrogens is 253 g/mol. The van der Waals surface area contributed by atoms with Gasteiger partial charge in [0.05, 0.1) is 19.3 Å². The molecule has 0 bridgehead atoms. The van der Waals surface area contributed by atoms with Crippen LogP contribution in [0.5, 0.6) is 0 Å². The van der Waals surface area contributed by atoms with Crippen LogP contribution in [0.3, 0.4) is 0 Å². The zero-order valence-corrected chi connectivity index (χ0v) is 11.5. The summed E-state index contributed by atoms with van der Waals surface area (Å²) in [4.78, 5) is 0. The average molecular weight is 271 g/mol. The van der Waals surface area contributed by atoms with Gasteiger partial charge in [0, 0.05) is 11.6 Å². The smallest absolute Gasteiger partial charge is 0.127 e. The highest BCUT2D eigenvalue weighted by Crippen LogP contribution is 2.27. The van der Waals surface area contributed by atoms with Crippen LogP contribution in [0, 0.1) is 5.82 Å². The van der Waals surface area contributed by atoms with Gasteiger partial charge in [-0.15, -0.1) is 0 Å². The van der Waals surface area contributed by atoms with Gasteiger partial charge in [-0.25, -0.2) is 4.39 Å². The molecule has 2 unspecified atom stereocenters. The summed E-state index contributed by atoms with van der Waals surface area (Å²) in [5.74, 6) is -0.169. The van der Waals surface area contributed by atoms with Crippen molar-refractivity contribution in [2.45, 2.75) is 25.6 Å². The second-order valence-corrected chi connectivity index (χ2v) is 5.18. The summed E-state index contributed by atoms with van der Waals surface area (Å²) in [5.41, 5.74) is 3.15. The predicted octanol–water partition coefficient (Wildman–Crippen LogP) is 3.75. The van der Waals surface area contributed by atoms with Crippen LogP contribution in [-0.4, -0.2) is 6.61 Å². The average Bonchev–Trinajstić information content (AvgIpc) is 2.48. The second-order valence-electron chi connectivity index (χ2n) is 5.18. The van der Waals surface area contributed by atoms with Gasteiger partial charge >= 0.3 is 0 Å². The number of fused-ring (bicyclic) bond motifs is 1. The van der Waals surface area contributed by atoms with Gasteiger partial charge in [-0.3, -0.25) is 0 Å². The number of rotatable bonds is 3. The molecule has 0 fully saturated rings. The zero-order chi connectivity index (χ0) is 13.9. The maximum atomic E-state index is 13.8. The third-order valence-corrected chi connectivity index (χ3v) is 3.80. The van der Waals surface area contributed by atoms with Crippen LogP contribution < -0.4 is 5.32 Å². The van der Waals surface area contributed by atoms with E-state index in [0.717, 1.165) is 0 Å². The van der Waals surface area contributed by atoms with E-state index >= 15 is 0 Å². The van der Waals surface area contributed by atoms with Crippen LogP contribution in [0.4, 0.5) is 4.39 Å². The van der Waals surface area contributed by atoms with Crippen molar-refractivity contribution >= 4 is 0 Å². The minimum absolute atomic E-state index is 0.0593. The van der Waals surface area contributed by atoms with E-state index in [1.165, 1.54) is 17.2 Å². The third kappa shape index (κ3) is 2.60. The van der Waals surface area contributed by atoms with Gasteiger partial charge in [0.1, 0.15) is 5.82 Å². The number of halogens is 1. The first kappa shape index (κ1) is 13.3. The van der Waals surface area contributed by atoms with Gasteiger partial charge in [0.15, 0.2) is 0 Å². The Labute approximate surface area is 118 Å². The highest BCUT2D eigenvalue weighted by atomic mass is 19.1. The van der Waals surface area contributed by atoms with Crippen molar-refractivity contribution in [1.29, 1.82) is 0 Å². The first-order valence-electron chi connectivity index (χ1n) is 6.91. The number of hydrogen-bond donors (Lipinski definition) is 1. The lowest BCUT2D eigenvalue weighted by atomic mass is 9.97. The maximum absolute atomic E-state index is 13.8. The summed E-state index contributed by atoms with van der Waals surface area (Å²) in [6.07, 6.45) is 0. The molecule has 1 N–H and O–H groups in total. The Kier molecular flexibility index (Phi) is 3.81. The molecule has 0 spiro atoms. The normalized spacial score (nSPS) is 19.4. The van der Waals surface area contributed by atoms with Gasteiger partial charge in [-0.05, 0) is 24.1 Å². The zero-order valence-electron chi connectivity index (χ0n) is 11.5. The summed E-state index contributed by atoms with van der Waals surface area (Å²) in [6, 6.07) is 15.2. The van der Waals surface area contributed by atoms with E-state index in [1.54, 1.807) is 6.07 Å². The van der Waals surface area contributed by atoms with E-state index < -0.39 is 0 Å². The minimum atomic E-state index is -0.169. The van der Waals surface area contributed by atoms with E-state index in [2.05, 4.69) is 17.4 Å². The molecule has 1 aliphatic rings. The molecule has 2 aromatic rings. The third-order valence-electron chi connectivity index (χ3n) is 3.80. The van der Waals surface area contributed by atoms with Crippen LogP contribution in [0.2, 0.25) is 0 Å². The number of benzene rings is 2. The summed E-state index contributed by atoms with van der Waals surface area (Å²) in [5, 5.41) is 3.47. The van der Waals surface area contributed by atoms with Crippen LogP contribution >= 0.6 is 0 Å². The molecule has 1 heterocycles. The Morgan fingerprint density at radius 2 is 1.90 bits per heavy atom. The lowest BCUT2D eigenvalue weighted by Crippen LogP contribution is -2.32. The molecular formula is C17H18FNO. The van der Waals surface area contributed by atoms with E-state index in [4.69, 9.17) is 4.74 Å². The lowest BCUT2D eigenvalue weighted by Gasteiger charge is -2.29. The molecule has 1 aliphatic heterocycles. The number of ether oxygens (including phenoxy) is 1.